The number of nitrogens with one attached hydrogen (secondary N) is 2. The number of carbonyl (C=O) groups is 3. The van der Waals surface area contributed by atoms with Crippen LogP contribution >= 0.6 is 0 Å². The van der Waals surface area contributed by atoms with Crippen LogP contribution < -0.4 is 15.5 Å². The number of rotatable bonds is 6. The van der Waals surface area contributed by atoms with Gasteiger partial charge in [0.25, 0.3) is 5.91 Å². The zero-order valence-electron chi connectivity index (χ0n) is 18.8. The van der Waals surface area contributed by atoms with E-state index in [2.05, 4.69) is 10.6 Å². The Hall–Kier alpha value is -3.93. The van der Waals surface area contributed by atoms with Crippen LogP contribution in [0.2, 0.25) is 0 Å². The number of benzene rings is 3. The third kappa shape index (κ3) is 5.47. The molecule has 168 valence electrons. The maximum absolute atomic E-state index is 12.7. The van der Waals surface area contributed by atoms with E-state index in [4.69, 9.17) is 0 Å². The minimum absolute atomic E-state index is 0.123. The first-order chi connectivity index (χ1) is 15.9. The number of amides is 3. The van der Waals surface area contributed by atoms with Crippen molar-refractivity contribution < 1.29 is 14.4 Å². The number of aryl methyl sites for hydroxylation is 2. The lowest BCUT2D eigenvalue weighted by Gasteiger charge is -2.18. The van der Waals surface area contributed by atoms with Crippen LogP contribution in [0.4, 0.5) is 11.4 Å². The van der Waals surface area contributed by atoms with Crippen molar-refractivity contribution >= 4 is 29.1 Å². The van der Waals surface area contributed by atoms with E-state index < -0.39 is 5.92 Å². The number of nitrogens with zero attached hydrogens (tertiary/aromatic N) is 1. The van der Waals surface area contributed by atoms with Gasteiger partial charge in [-0.05, 0) is 49.7 Å². The Morgan fingerprint density at radius 2 is 1.70 bits per heavy atom. The maximum Gasteiger partial charge on any atom is 0.255 e. The van der Waals surface area contributed by atoms with Gasteiger partial charge in [-0.3, -0.25) is 14.4 Å². The second kappa shape index (κ2) is 9.69. The fourth-order valence-electron chi connectivity index (χ4n) is 3.94. The van der Waals surface area contributed by atoms with Crippen molar-refractivity contribution in [2.24, 2.45) is 5.92 Å². The van der Waals surface area contributed by atoms with Crippen LogP contribution in [0, 0.1) is 19.8 Å². The van der Waals surface area contributed by atoms with Gasteiger partial charge in [-0.2, -0.15) is 0 Å². The predicted molar refractivity (Wildman–Crippen MR) is 129 cm³/mol. The second-order valence-electron chi connectivity index (χ2n) is 8.48. The van der Waals surface area contributed by atoms with Gasteiger partial charge >= 0.3 is 0 Å². The number of carbonyl (C=O) groups excluding carboxylic acids is 3. The van der Waals surface area contributed by atoms with E-state index in [9.17, 15) is 14.4 Å². The molecule has 3 amide bonds. The summed E-state index contributed by atoms with van der Waals surface area (Å²) in [5.41, 5.74) is 5.05. The molecule has 3 aromatic carbocycles. The van der Waals surface area contributed by atoms with Gasteiger partial charge in [0.05, 0.1) is 5.92 Å². The van der Waals surface area contributed by atoms with Gasteiger partial charge in [-0.25, -0.2) is 0 Å². The van der Waals surface area contributed by atoms with Gasteiger partial charge in [0.1, 0.15) is 0 Å². The number of hydrogen-bond acceptors (Lipinski definition) is 3. The van der Waals surface area contributed by atoms with Gasteiger partial charge in [0, 0.05) is 36.4 Å². The Kier molecular flexibility index (Phi) is 6.54. The smallest absolute Gasteiger partial charge is 0.255 e. The first-order valence-corrected chi connectivity index (χ1v) is 11.0. The summed E-state index contributed by atoms with van der Waals surface area (Å²) in [6.07, 6.45) is 0.152. The van der Waals surface area contributed by atoms with Crippen LogP contribution in [0.3, 0.4) is 0 Å². The molecule has 3 aromatic rings. The summed E-state index contributed by atoms with van der Waals surface area (Å²) >= 11 is 0. The molecule has 1 aliphatic rings. The van der Waals surface area contributed by atoms with E-state index in [-0.39, 0.29) is 24.1 Å². The molecule has 0 aliphatic carbocycles. The van der Waals surface area contributed by atoms with Crippen molar-refractivity contribution in [3.05, 3.63) is 95.1 Å². The van der Waals surface area contributed by atoms with Gasteiger partial charge < -0.3 is 15.5 Å². The first kappa shape index (κ1) is 22.3. The van der Waals surface area contributed by atoms with Crippen molar-refractivity contribution in [2.45, 2.75) is 26.8 Å². The van der Waals surface area contributed by atoms with Crippen molar-refractivity contribution in [2.75, 3.05) is 16.8 Å². The fourth-order valence-corrected chi connectivity index (χ4v) is 3.94. The molecule has 1 fully saturated rings. The summed E-state index contributed by atoms with van der Waals surface area (Å²) in [4.78, 5) is 39.6. The first-order valence-electron chi connectivity index (χ1n) is 11.0. The van der Waals surface area contributed by atoms with Crippen LogP contribution in [0.25, 0.3) is 0 Å². The molecular formula is C27H27N3O3. The molecule has 0 spiro atoms. The van der Waals surface area contributed by atoms with E-state index in [0.29, 0.717) is 30.0 Å². The van der Waals surface area contributed by atoms with E-state index in [1.807, 2.05) is 62.4 Å². The van der Waals surface area contributed by atoms with Crippen molar-refractivity contribution in [3.63, 3.8) is 0 Å². The number of anilines is 2. The summed E-state index contributed by atoms with van der Waals surface area (Å²) in [6.45, 7) is 4.72. The highest BCUT2D eigenvalue weighted by Crippen LogP contribution is 2.26. The lowest BCUT2D eigenvalue weighted by Crippen LogP contribution is -2.32. The van der Waals surface area contributed by atoms with Crippen molar-refractivity contribution in [1.82, 2.24) is 5.32 Å². The molecular weight excluding hydrogens is 414 g/mol. The molecule has 6 heteroatoms. The highest BCUT2D eigenvalue weighted by atomic mass is 16.2. The summed E-state index contributed by atoms with van der Waals surface area (Å²) < 4.78 is 0. The van der Waals surface area contributed by atoms with Gasteiger partial charge in [0.2, 0.25) is 11.8 Å². The molecule has 2 N–H and O–H groups in total. The van der Waals surface area contributed by atoms with Gasteiger partial charge in [0.15, 0.2) is 0 Å². The Bertz CT molecular complexity index is 1190. The lowest BCUT2D eigenvalue weighted by atomic mass is 10.1. The molecule has 4 rings (SSSR count). The van der Waals surface area contributed by atoms with E-state index >= 15 is 0 Å². The monoisotopic (exact) mass is 441 g/mol. The fraction of sp³-hybridized carbons (Fsp3) is 0.222. The molecule has 1 atom stereocenters. The summed E-state index contributed by atoms with van der Waals surface area (Å²) in [7, 11) is 0. The van der Waals surface area contributed by atoms with Gasteiger partial charge in [-0.15, -0.1) is 0 Å². The molecule has 0 aromatic heterocycles. The molecule has 0 unspecified atom stereocenters. The Morgan fingerprint density at radius 3 is 2.45 bits per heavy atom. The molecule has 6 nitrogen and oxygen atoms in total. The van der Waals surface area contributed by atoms with Crippen LogP contribution in [0.1, 0.15) is 33.5 Å². The van der Waals surface area contributed by atoms with E-state index in [0.717, 1.165) is 16.7 Å². The van der Waals surface area contributed by atoms with Crippen LogP contribution in [-0.4, -0.2) is 24.3 Å². The molecule has 1 saturated heterocycles. The highest BCUT2D eigenvalue weighted by molar-refractivity contribution is 6.06. The average Bonchev–Trinajstić information content (AvgIpc) is 3.21. The third-order valence-electron chi connectivity index (χ3n) is 5.77. The maximum atomic E-state index is 12.7. The minimum atomic E-state index is -0.424. The predicted octanol–water partition coefficient (Wildman–Crippen LogP) is 4.23. The standard InChI is InChI=1S/C27H27N3O3/c1-18-9-11-23(12-10-18)29-27(33)21-7-4-8-24(14-21)30-17-22(15-25(30)31)26(32)28-16-20-6-3-5-19(2)13-20/h3-14,22H,15-17H2,1-2H3,(H,28,32)(H,29,33)/t22-/m0/s1. The second-order valence-corrected chi connectivity index (χ2v) is 8.48. The third-order valence-corrected chi connectivity index (χ3v) is 5.77. The quantitative estimate of drug-likeness (QED) is 0.601. The Balaban J connectivity index is 1.39. The SMILES string of the molecule is Cc1ccc(NC(=O)c2cccc(N3C[C@@H](C(=O)NCc4cccc(C)c4)CC3=O)c2)cc1. The van der Waals surface area contributed by atoms with Crippen LogP contribution in [-0.2, 0) is 16.1 Å². The van der Waals surface area contributed by atoms with Crippen LogP contribution in [0.5, 0.6) is 0 Å². The van der Waals surface area contributed by atoms with Crippen molar-refractivity contribution in [1.29, 1.82) is 0 Å². The molecule has 0 radical (unpaired) electrons. The lowest BCUT2D eigenvalue weighted by molar-refractivity contribution is -0.126. The minimum Gasteiger partial charge on any atom is -0.352 e. The highest BCUT2D eigenvalue weighted by Gasteiger charge is 2.35. The zero-order valence-corrected chi connectivity index (χ0v) is 18.8. The van der Waals surface area contributed by atoms with E-state index in [1.54, 1.807) is 29.2 Å². The van der Waals surface area contributed by atoms with Crippen molar-refractivity contribution in [3.8, 4) is 0 Å². The number of hydrogen-bond donors (Lipinski definition) is 2. The molecule has 33 heavy (non-hydrogen) atoms. The molecule has 1 heterocycles. The summed E-state index contributed by atoms with van der Waals surface area (Å²) in [5.74, 6) is -0.936. The molecule has 0 saturated carbocycles. The average molecular weight is 442 g/mol. The summed E-state index contributed by atoms with van der Waals surface area (Å²) in [5, 5.41) is 5.81. The Morgan fingerprint density at radius 1 is 0.939 bits per heavy atom. The normalized spacial score (nSPS) is 15.4. The van der Waals surface area contributed by atoms with Gasteiger partial charge in [-0.1, -0.05) is 53.6 Å². The van der Waals surface area contributed by atoms with Crippen LogP contribution in [0.15, 0.2) is 72.8 Å². The topological polar surface area (TPSA) is 78.5 Å². The largest absolute Gasteiger partial charge is 0.352 e. The zero-order chi connectivity index (χ0) is 23.4. The summed E-state index contributed by atoms with van der Waals surface area (Å²) in [6, 6.07) is 22.4. The molecule has 0 bridgehead atoms. The Labute approximate surface area is 193 Å². The molecule has 1 aliphatic heterocycles. The van der Waals surface area contributed by atoms with E-state index in [1.165, 1.54) is 0 Å².